The van der Waals surface area contributed by atoms with E-state index in [1.807, 2.05) is 0 Å². The van der Waals surface area contributed by atoms with E-state index >= 15 is 0 Å². The molecule has 1 nitrogen and oxygen atoms in total. The second-order valence-electron chi connectivity index (χ2n) is 7.10. The maximum atomic E-state index is 6.99. The SMILES string of the molecule is Cc1ccc(C)c(C2(N)CC(C)CCC2C(C)C)c1. The van der Waals surface area contributed by atoms with Crippen LogP contribution in [0.3, 0.4) is 0 Å². The molecule has 1 aliphatic carbocycles. The first-order chi connectivity index (χ1) is 8.84. The van der Waals surface area contributed by atoms with Crippen molar-refractivity contribution in [2.75, 3.05) is 0 Å². The fourth-order valence-electron chi connectivity index (χ4n) is 4.03. The number of hydrogen-bond donors (Lipinski definition) is 1. The second kappa shape index (κ2) is 5.28. The molecule has 2 rings (SSSR count). The molecule has 0 aliphatic heterocycles. The molecule has 0 heterocycles. The van der Waals surface area contributed by atoms with Gasteiger partial charge in [-0.3, -0.25) is 0 Å². The van der Waals surface area contributed by atoms with E-state index in [4.69, 9.17) is 5.73 Å². The van der Waals surface area contributed by atoms with Crippen molar-refractivity contribution in [1.82, 2.24) is 0 Å². The molecular weight excluding hydrogens is 230 g/mol. The van der Waals surface area contributed by atoms with E-state index in [9.17, 15) is 0 Å². The largest absolute Gasteiger partial charge is 0.321 e. The predicted octanol–water partition coefficient (Wildman–Crippen LogP) is 4.55. The molecule has 2 N–H and O–H groups in total. The normalized spacial score (nSPS) is 31.7. The van der Waals surface area contributed by atoms with Crippen LogP contribution in [0.1, 0.15) is 56.7 Å². The van der Waals surface area contributed by atoms with Crippen LogP contribution in [0, 0.1) is 31.6 Å². The lowest BCUT2D eigenvalue weighted by Gasteiger charge is -2.47. The molecule has 0 radical (unpaired) electrons. The molecule has 3 atom stereocenters. The highest BCUT2D eigenvalue weighted by atomic mass is 14.8. The molecule has 1 saturated carbocycles. The van der Waals surface area contributed by atoms with Gasteiger partial charge >= 0.3 is 0 Å². The smallest absolute Gasteiger partial charge is 0.0445 e. The van der Waals surface area contributed by atoms with Crippen LogP contribution in [0.15, 0.2) is 18.2 Å². The van der Waals surface area contributed by atoms with Gasteiger partial charge in [-0.05, 0) is 55.6 Å². The predicted molar refractivity (Wildman–Crippen MR) is 83.1 cm³/mol. The quantitative estimate of drug-likeness (QED) is 0.828. The summed E-state index contributed by atoms with van der Waals surface area (Å²) in [6.45, 7) is 11.4. The third kappa shape index (κ3) is 2.72. The number of hydrogen-bond acceptors (Lipinski definition) is 1. The fraction of sp³-hybridized carbons (Fsp3) is 0.667. The lowest BCUT2D eigenvalue weighted by atomic mass is 9.62. The number of nitrogens with two attached hydrogens (primary N) is 1. The highest BCUT2D eigenvalue weighted by Crippen LogP contribution is 2.46. The van der Waals surface area contributed by atoms with E-state index in [-0.39, 0.29) is 5.54 Å². The van der Waals surface area contributed by atoms with Gasteiger partial charge in [0, 0.05) is 5.54 Å². The molecule has 1 fully saturated rings. The monoisotopic (exact) mass is 259 g/mol. The molecule has 0 amide bonds. The van der Waals surface area contributed by atoms with Crippen molar-refractivity contribution < 1.29 is 0 Å². The minimum absolute atomic E-state index is 0.137. The average molecular weight is 259 g/mol. The van der Waals surface area contributed by atoms with E-state index in [2.05, 4.69) is 52.8 Å². The Hall–Kier alpha value is -0.820. The van der Waals surface area contributed by atoms with Crippen LogP contribution >= 0.6 is 0 Å². The fourth-order valence-corrected chi connectivity index (χ4v) is 4.03. The maximum absolute atomic E-state index is 6.99. The number of aryl methyl sites for hydroxylation is 2. The lowest BCUT2D eigenvalue weighted by molar-refractivity contribution is 0.108. The summed E-state index contributed by atoms with van der Waals surface area (Å²) in [6, 6.07) is 6.75. The summed E-state index contributed by atoms with van der Waals surface area (Å²) in [5.74, 6) is 1.99. The van der Waals surface area contributed by atoms with Crippen LogP contribution < -0.4 is 5.73 Å². The van der Waals surface area contributed by atoms with E-state index < -0.39 is 0 Å². The molecule has 1 aromatic carbocycles. The highest BCUT2D eigenvalue weighted by molar-refractivity contribution is 5.37. The van der Waals surface area contributed by atoms with Gasteiger partial charge in [0.15, 0.2) is 0 Å². The van der Waals surface area contributed by atoms with Gasteiger partial charge in [0.1, 0.15) is 0 Å². The van der Waals surface area contributed by atoms with Crippen molar-refractivity contribution in [3.05, 3.63) is 34.9 Å². The van der Waals surface area contributed by atoms with E-state index in [0.29, 0.717) is 11.8 Å². The Kier molecular flexibility index (Phi) is 4.06. The summed E-state index contributed by atoms with van der Waals surface area (Å²) in [5, 5.41) is 0. The van der Waals surface area contributed by atoms with Crippen LogP contribution in [-0.4, -0.2) is 0 Å². The Balaban J connectivity index is 2.49. The summed E-state index contributed by atoms with van der Waals surface area (Å²) in [5.41, 5.74) is 10.9. The van der Waals surface area contributed by atoms with Gasteiger partial charge in [0.05, 0.1) is 0 Å². The minimum atomic E-state index is -0.137. The summed E-state index contributed by atoms with van der Waals surface area (Å²) in [7, 11) is 0. The molecule has 1 aromatic rings. The molecule has 0 aromatic heterocycles. The zero-order chi connectivity index (χ0) is 14.2. The molecule has 19 heavy (non-hydrogen) atoms. The zero-order valence-electron chi connectivity index (χ0n) is 13.2. The van der Waals surface area contributed by atoms with E-state index in [1.54, 1.807) is 0 Å². The van der Waals surface area contributed by atoms with Crippen LogP contribution in [0.2, 0.25) is 0 Å². The van der Waals surface area contributed by atoms with Crippen molar-refractivity contribution in [3.8, 4) is 0 Å². The number of benzene rings is 1. The summed E-state index contributed by atoms with van der Waals surface area (Å²) in [6.07, 6.45) is 3.72. The van der Waals surface area contributed by atoms with Crippen molar-refractivity contribution in [1.29, 1.82) is 0 Å². The molecule has 1 aliphatic rings. The molecule has 1 heteroatoms. The summed E-state index contributed by atoms with van der Waals surface area (Å²) >= 11 is 0. The molecule has 106 valence electrons. The Bertz CT molecular complexity index is 449. The van der Waals surface area contributed by atoms with Crippen molar-refractivity contribution in [2.45, 2.75) is 59.4 Å². The van der Waals surface area contributed by atoms with Gasteiger partial charge in [-0.2, -0.15) is 0 Å². The first-order valence-corrected chi connectivity index (χ1v) is 7.71. The zero-order valence-corrected chi connectivity index (χ0v) is 13.2. The summed E-state index contributed by atoms with van der Waals surface area (Å²) in [4.78, 5) is 0. The average Bonchev–Trinajstić information content (AvgIpc) is 2.31. The molecule has 0 saturated heterocycles. The Morgan fingerprint density at radius 3 is 2.53 bits per heavy atom. The minimum Gasteiger partial charge on any atom is -0.321 e. The standard InChI is InChI=1S/C18H29N/c1-12(2)16-9-7-14(4)11-18(16,19)17-10-13(3)6-8-15(17)5/h6,8,10,12,14,16H,7,9,11,19H2,1-5H3. The van der Waals surface area contributed by atoms with E-state index in [1.165, 1.54) is 29.5 Å². The third-order valence-electron chi connectivity index (χ3n) is 5.02. The molecule has 0 bridgehead atoms. The van der Waals surface area contributed by atoms with Gasteiger partial charge in [-0.15, -0.1) is 0 Å². The van der Waals surface area contributed by atoms with Gasteiger partial charge in [-0.1, -0.05) is 51.0 Å². The Morgan fingerprint density at radius 2 is 1.89 bits per heavy atom. The van der Waals surface area contributed by atoms with Crippen LogP contribution in [0.4, 0.5) is 0 Å². The highest BCUT2D eigenvalue weighted by Gasteiger charge is 2.43. The number of rotatable bonds is 2. The molecule has 0 spiro atoms. The van der Waals surface area contributed by atoms with E-state index in [0.717, 1.165) is 12.3 Å². The van der Waals surface area contributed by atoms with Gasteiger partial charge in [0.25, 0.3) is 0 Å². The molecule has 3 unspecified atom stereocenters. The maximum Gasteiger partial charge on any atom is 0.0445 e. The second-order valence-corrected chi connectivity index (χ2v) is 7.10. The van der Waals surface area contributed by atoms with Gasteiger partial charge < -0.3 is 5.73 Å². The lowest BCUT2D eigenvalue weighted by Crippen LogP contribution is -2.50. The van der Waals surface area contributed by atoms with Gasteiger partial charge in [-0.25, -0.2) is 0 Å². The molecular formula is C18H29N. The summed E-state index contributed by atoms with van der Waals surface area (Å²) < 4.78 is 0. The van der Waals surface area contributed by atoms with Crippen LogP contribution in [0.25, 0.3) is 0 Å². The first-order valence-electron chi connectivity index (χ1n) is 7.71. The van der Waals surface area contributed by atoms with Crippen molar-refractivity contribution in [3.63, 3.8) is 0 Å². The van der Waals surface area contributed by atoms with Crippen molar-refractivity contribution in [2.24, 2.45) is 23.5 Å². The topological polar surface area (TPSA) is 26.0 Å². The van der Waals surface area contributed by atoms with Crippen LogP contribution in [0.5, 0.6) is 0 Å². The van der Waals surface area contributed by atoms with Crippen molar-refractivity contribution >= 4 is 0 Å². The Labute approximate surface area is 118 Å². The third-order valence-corrected chi connectivity index (χ3v) is 5.02. The Morgan fingerprint density at radius 1 is 1.21 bits per heavy atom. The first kappa shape index (κ1) is 14.6. The van der Waals surface area contributed by atoms with Crippen LogP contribution in [-0.2, 0) is 5.54 Å². The van der Waals surface area contributed by atoms with Gasteiger partial charge in [0.2, 0.25) is 0 Å².